The van der Waals surface area contributed by atoms with Gasteiger partial charge in [0.2, 0.25) is 11.8 Å². The molecule has 2 atom stereocenters. The number of aryl methyl sites for hydroxylation is 2. The van der Waals surface area contributed by atoms with Gasteiger partial charge in [-0.1, -0.05) is 20.3 Å². The lowest BCUT2D eigenvalue weighted by atomic mass is 9.94. The Morgan fingerprint density at radius 1 is 0.960 bits per heavy atom. The Balaban J connectivity index is 1.62. The Kier molecular flexibility index (Phi) is 5.80. The van der Waals surface area contributed by atoms with Crippen LogP contribution < -0.4 is 10.6 Å². The number of carbonyl (C=O) groups excluding carboxylic acids is 2. The van der Waals surface area contributed by atoms with Crippen molar-refractivity contribution >= 4 is 44.8 Å². The number of thiazole rings is 2. The molecule has 134 valence electrons. The Bertz CT molecular complexity index is 693. The molecule has 0 aliphatic heterocycles. The highest BCUT2D eigenvalue weighted by Gasteiger charge is 2.38. The molecule has 1 aliphatic rings. The first-order chi connectivity index (χ1) is 12.1. The first-order valence-electron chi connectivity index (χ1n) is 8.61. The smallest absolute Gasteiger partial charge is 0.230 e. The van der Waals surface area contributed by atoms with E-state index < -0.39 is 0 Å². The number of carbonyl (C=O) groups is 2. The molecule has 8 heteroatoms. The summed E-state index contributed by atoms with van der Waals surface area (Å²) in [6.07, 6.45) is 7.71. The predicted octanol–water partition coefficient (Wildman–Crippen LogP) is 3.72. The van der Waals surface area contributed by atoms with E-state index in [1.807, 2.05) is 0 Å². The van der Waals surface area contributed by atoms with Crippen LogP contribution in [0.4, 0.5) is 10.3 Å². The second-order valence-electron chi connectivity index (χ2n) is 6.09. The van der Waals surface area contributed by atoms with Crippen LogP contribution in [0, 0.1) is 11.8 Å². The van der Waals surface area contributed by atoms with Gasteiger partial charge in [0, 0.05) is 34.0 Å². The number of amides is 2. The van der Waals surface area contributed by atoms with Crippen LogP contribution in [0.2, 0.25) is 0 Å². The zero-order chi connectivity index (χ0) is 17.8. The number of anilines is 2. The van der Waals surface area contributed by atoms with Crippen LogP contribution in [0.3, 0.4) is 0 Å². The van der Waals surface area contributed by atoms with E-state index >= 15 is 0 Å². The van der Waals surface area contributed by atoms with E-state index in [2.05, 4.69) is 34.4 Å². The molecular formula is C17H22N4O2S2. The van der Waals surface area contributed by atoms with Gasteiger partial charge in [-0.05, 0) is 25.7 Å². The van der Waals surface area contributed by atoms with Gasteiger partial charge >= 0.3 is 0 Å². The van der Waals surface area contributed by atoms with E-state index in [-0.39, 0.29) is 23.7 Å². The van der Waals surface area contributed by atoms with Gasteiger partial charge in [-0.3, -0.25) is 9.59 Å². The van der Waals surface area contributed by atoms with Crippen molar-refractivity contribution in [3.05, 3.63) is 22.1 Å². The van der Waals surface area contributed by atoms with Gasteiger partial charge in [0.1, 0.15) is 0 Å². The largest absolute Gasteiger partial charge is 0.302 e. The third-order valence-electron chi connectivity index (χ3n) is 4.45. The van der Waals surface area contributed by atoms with Crippen molar-refractivity contribution in [2.24, 2.45) is 11.8 Å². The molecule has 0 bridgehead atoms. The zero-order valence-corrected chi connectivity index (χ0v) is 16.0. The summed E-state index contributed by atoms with van der Waals surface area (Å²) in [6, 6.07) is 0. The highest BCUT2D eigenvalue weighted by molar-refractivity contribution is 7.16. The van der Waals surface area contributed by atoms with E-state index in [0.717, 1.165) is 41.9 Å². The van der Waals surface area contributed by atoms with Gasteiger partial charge in [-0.15, -0.1) is 22.7 Å². The van der Waals surface area contributed by atoms with Gasteiger partial charge in [-0.2, -0.15) is 0 Å². The van der Waals surface area contributed by atoms with Crippen molar-refractivity contribution in [1.29, 1.82) is 0 Å². The van der Waals surface area contributed by atoms with Crippen LogP contribution in [-0.4, -0.2) is 21.8 Å². The highest BCUT2D eigenvalue weighted by atomic mass is 32.1. The Labute approximate surface area is 155 Å². The molecule has 1 fully saturated rings. The lowest BCUT2D eigenvalue weighted by Crippen LogP contribution is -2.33. The van der Waals surface area contributed by atoms with Crippen LogP contribution in [0.5, 0.6) is 0 Å². The summed E-state index contributed by atoms with van der Waals surface area (Å²) in [5.41, 5.74) is 0. The molecular weight excluding hydrogens is 356 g/mol. The summed E-state index contributed by atoms with van der Waals surface area (Å²) in [5, 5.41) is 6.97. The van der Waals surface area contributed by atoms with Crippen molar-refractivity contribution < 1.29 is 9.59 Å². The molecule has 0 aromatic carbocycles. The van der Waals surface area contributed by atoms with Gasteiger partial charge in [0.15, 0.2) is 10.3 Å². The van der Waals surface area contributed by atoms with E-state index in [4.69, 9.17) is 0 Å². The number of nitrogens with zero attached hydrogens (tertiary/aromatic N) is 2. The molecule has 0 radical (unpaired) electrons. The third kappa shape index (κ3) is 4.24. The van der Waals surface area contributed by atoms with Gasteiger partial charge < -0.3 is 10.6 Å². The molecule has 6 nitrogen and oxygen atoms in total. The van der Waals surface area contributed by atoms with Crippen molar-refractivity contribution in [2.45, 2.75) is 46.0 Å². The van der Waals surface area contributed by atoms with Crippen molar-refractivity contribution in [1.82, 2.24) is 9.97 Å². The minimum atomic E-state index is -0.306. The Morgan fingerprint density at radius 2 is 1.40 bits per heavy atom. The van der Waals surface area contributed by atoms with Gasteiger partial charge in [0.25, 0.3) is 0 Å². The lowest BCUT2D eigenvalue weighted by molar-refractivity contribution is -0.128. The first-order valence-corrected chi connectivity index (χ1v) is 10.2. The minimum absolute atomic E-state index is 0.108. The summed E-state index contributed by atoms with van der Waals surface area (Å²) >= 11 is 2.97. The number of hydrogen-bond donors (Lipinski definition) is 2. The van der Waals surface area contributed by atoms with Crippen LogP contribution in [0.1, 0.15) is 42.9 Å². The van der Waals surface area contributed by atoms with E-state index in [1.165, 1.54) is 22.7 Å². The molecule has 25 heavy (non-hydrogen) atoms. The summed E-state index contributed by atoms with van der Waals surface area (Å²) in [5.74, 6) is -0.828. The molecule has 0 unspecified atom stereocenters. The summed E-state index contributed by atoms with van der Waals surface area (Å²) < 4.78 is 0. The number of hydrogen-bond acceptors (Lipinski definition) is 6. The molecule has 1 saturated carbocycles. The van der Waals surface area contributed by atoms with Gasteiger partial charge in [0.05, 0.1) is 0 Å². The zero-order valence-electron chi connectivity index (χ0n) is 14.4. The average Bonchev–Trinajstić information content (AvgIpc) is 3.34. The second-order valence-corrected chi connectivity index (χ2v) is 8.32. The maximum absolute atomic E-state index is 12.6. The number of nitrogens with one attached hydrogen (secondary N) is 2. The standard InChI is InChI=1S/C17H22N4O2S2/c1-3-10-8-18-16(24-10)20-14(22)12-6-5-7-13(12)15(23)21-17-19-9-11(4-2)25-17/h8-9,12-13H,3-7H2,1-2H3,(H,18,20,22)(H,19,21,23)/t12-,13+. The summed E-state index contributed by atoms with van der Waals surface area (Å²) in [4.78, 5) is 35.9. The summed E-state index contributed by atoms with van der Waals surface area (Å²) in [7, 11) is 0. The third-order valence-corrected chi connectivity index (χ3v) is 6.57. The molecule has 2 aromatic heterocycles. The van der Waals surface area contributed by atoms with E-state index in [1.54, 1.807) is 12.4 Å². The number of aromatic nitrogens is 2. The van der Waals surface area contributed by atoms with Crippen LogP contribution >= 0.6 is 22.7 Å². The maximum Gasteiger partial charge on any atom is 0.230 e. The van der Waals surface area contributed by atoms with E-state index in [9.17, 15) is 9.59 Å². The molecule has 2 amide bonds. The Morgan fingerprint density at radius 3 is 1.76 bits per heavy atom. The summed E-state index contributed by atoms with van der Waals surface area (Å²) in [6.45, 7) is 4.11. The minimum Gasteiger partial charge on any atom is -0.302 e. The van der Waals surface area contributed by atoms with Crippen molar-refractivity contribution in [3.8, 4) is 0 Å². The molecule has 2 N–H and O–H groups in total. The maximum atomic E-state index is 12.6. The number of rotatable bonds is 6. The normalized spacial score (nSPS) is 19.8. The van der Waals surface area contributed by atoms with Crippen molar-refractivity contribution in [2.75, 3.05) is 10.6 Å². The predicted molar refractivity (Wildman–Crippen MR) is 101 cm³/mol. The topological polar surface area (TPSA) is 84.0 Å². The molecule has 2 heterocycles. The average molecular weight is 379 g/mol. The lowest BCUT2D eigenvalue weighted by Gasteiger charge is -2.17. The van der Waals surface area contributed by atoms with Crippen molar-refractivity contribution in [3.63, 3.8) is 0 Å². The second kappa shape index (κ2) is 8.05. The Hall–Kier alpha value is -1.80. The van der Waals surface area contributed by atoms with Crippen LogP contribution in [0.15, 0.2) is 12.4 Å². The quantitative estimate of drug-likeness (QED) is 0.802. The monoisotopic (exact) mass is 378 g/mol. The van der Waals surface area contributed by atoms with Gasteiger partial charge in [-0.25, -0.2) is 9.97 Å². The molecule has 3 rings (SSSR count). The van der Waals surface area contributed by atoms with Crippen LogP contribution in [-0.2, 0) is 22.4 Å². The highest BCUT2D eigenvalue weighted by Crippen LogP contribution is 2.34. The van der Waals surface area contributed by atoms with Crippen LogP contribution in [0.25, 0.3) is 0 Å². The first kappa shape index (κ1) is 18.0. The molecule has 2 aromatic rings. The SMILES string of the molecule is CCc1cnc(NC(=O)[C@H]2CCC[C@H]2C(=O)Nc2ncc(CC)s2)s1. The fraction of sp³-hybridized carbons (Fsp3) is 0.529. The molecule has 0 spiro atoms. The molecule has 1 aliphatic carbocycles. The molecule has 0 saturated heterocycles. The fourth-order valence-electron chi connectivity index (χ4n) is 3.04. The van der Waals surface area contributed by atoms with E-state index in [0.29, 0.717) is 10.3 Å². The fourth-order valence-corrected chi connectivity index (χ4v) is 4.55.